The second-order valence-electron chi connectivity index (χ2n) is 8.48. The number of ether oxygens (including phenoxy) is 1. The quantitative estimate of drug-likeness (QED) is 0.420. The van der Waals surface area contributed by atoms with Gasteiger partial charge >= 0.3 is 6.36 Å². The number of amides is 1. The largest absolute Gasteiger partial charge is 0.573 e. The zero-order valence-corrected chi connectivity index (χ0v) is 18.1. The lowest BCUT2D eigenvalue weighted by atomic mass is 9.87. The summed E-state index contributed by atoms with van der Waals surface area (Å²) in [4.78, 5) is 17.2. The SMILES string of the molecule is CC(C)(C)c1ccc(C(=O)Nc2cc(-c3ccc(OC(F)(F)F)cc3)n3nccc3n2)cc1. The van der Waals surface area contributed by atoms with Crippen LogP contribution in [0.15, 0.2) is 66.9 Å². The maximum atomic E-state index is 12.8. The van der Waals surface area contributed by atoms with Gasteiger partial charge in [-0.3, -0.25) is 4.79 Å². The van der Waals surface area contributed by atoms with E-state index < -0.39 is 6.36 Å². The molecule has 0 aliphatic heterocycles. The molecule has 0 saturated carbocycles. The molecule has 0 spiro atoms. The molecule has 0 radical (unpaired) electrons. The van der Waals surface area contributed by atoms with Crippen LogP contribution >= 0.6 is 0 Å². The van der Waals surface area contributed by atoms with E-state index in [0.717, 1.165) is 5.56 Å². The second-order valence-corrected chi connectivity index (χ2v) is 8.48. The Morgan fingerprint density at radius 3 is 2.24 bits per heavy atom. The molecule has 6 nitrogen and oxygen atoms in total. The van der Waals surface area contributed by atoms with Crippen molar-refractivity contribution in [2.24, 2.45) is 0 Å². The number of hydrogen-bond acceptors (Lipinski definition) is 4. The van der Waals surface area contributed by atoms with Crippen LogP contribution in [-0.2, 0) is 5.41 Å². The average Bonchev–Trinajstić information content (AvgIpc) is 3.21. The molecule has 0 aliphatic rings. The number of rotatable bonds is 4. The Hall–Kier alpha value is -3.88. The van der Waals surface area contributed by atoms with Crippen molar-refractivity contribution in [2.45, 2.75) is 32.5 Å². The predicted molar refractivity (Wildman–Crippen MR) is 118 cm³/mol. The Kier molecular flexibility index (Phi) is 5.57. The molecule has 0 unspecified atom stereocenters. The summed E-state index contributed by atoms with van der Waals surface area (Å²) in [6.07, 6.45) is -3.22. The molecule has 4 rings (SSSR count). The van der Waals surface area contributed by atoms with E-state index in [1.54, 1.807) is 30.5 Å². The van der Waals surface area contributed by atoms with Gasteiger partial charge in [0.25, 0.3) is 5.91 Å². The smallest absolute Gasteiger partial charge is 0.406 e. The van der Waals surface area contributed by atoms with Crippen LogP contribution in [0.5, 0.6) is 5.75 Å². The van der Waals surface area contributed by atoms with Crippen LogP contribution in [-0.4, -0.2) is 26.9 Å². The molecule has 4 aromatic rings. The van der Waals surface area contributed by atoms with Gasteiger partial charge in [0.15, 0.2) is 5.65 Å². The van der Waals surface area contributed by atoms with Gasteiger partial charge in [-0.1, -0.05) is 32.9 Å². The van der Waals surface area contributed by atoms with Crippen LogP contribution in [0.1, 0.15) is 36.7 Å². The van der Waals surface area contributed by atoms with E-state index in [4.69, 9.17) is 0 Å². The summed E-state index contributed by atoms with van der Waals surface area (Å²) in [5, 5.41) is 7.00. The zero-order chi connectivity index (χ0) is 23.8. The molecule has 0 saturated heterocycles. The Bertz CT molecular complexity index is 1290. The molecular weight excluding hydrogens is 433 g/mol. The fraction of sp³-hybridized carbons (Fsp3) is 0.208. The molecule has 0 atom stereocenters. The second kappa shape index (κ2) is 8.23. The first-order chi connectivity index (χ1) is 15.5. The highest BCUT2D eigenvalue weighted by Crippen LogP contribution is 2.28. The van der Waals surface area contributed by atoms with Crippen molar-refractivity contribution in [3.8, 4) is 17.0 Å². The normalized spacial score (nSPS) is 12.1. The maximum absolute atomic E-state index is 12.8. The molecule has 2 heterocycles. The summed E-state index contributed by atoms with van der Waals surface area (Å²) in [5.41, 5.74) is 3.15. The number of fused-ring (bicyclic) bond motifs is 1. The van der Waals surface area contributed by atoms with E-state index >= 15 is 0 Å². The Labute approximate surface area is 188 Å². The highest BCUT2D eigenvalue weighted by atomic mass is 19.4. The number of nitrogens with zero attached hydrogens (tertiary/aromatic N) is 3. The van der Waals surface area contributed by atoms with Crippen molar-refractivity contribution in [3.05, 3.63) is 78.0 Å². The molecule has 9 heteroatoms. The highest BCUT2D eigenvalue weighted by Gasteiger charge is 2.31. The summed E-state index contributed by atoms with van der Waals surface area (Å²) in [6, 6.07) is 16.0. The van der Waals surface area contributed by atoms with Gasteiger partial charge in [-0.15, -0.1) is 13.2 Å². The van der Waals surface area contributed by atoms with E-state index in [0.29, 0.717) is 28.3 Å². The standard InChI is InChI=1S/C24H21F3N4O2/c1-23(2,3)17-8-4-16(5-9-17)22(32)30-20-14-19(31-21(29-20)12-13-28-31)15-6-10-18(11-7-15)33-24(25,26)27/h4-14H,1-3H3,(H,29,30,32). The van der Waals surface area contributed by atoms with Gasteiger partial charge in [0.1, 0.15) is 11.6 Å². The van der Waals surface area contributed by atoms with Crippen molar-refractivity contribution in [1.29, 1.82) is 0 Å². The first kappa shape index (κ1) is 22.3. The lowest BCUT2D eigenvalue weighted by Gasteiger charge is -2.19. The van der Waals surface area contributed by atoms with Crippen LogP contribution < -0.4 is 10.1 Å². The Morgan fingerprint density at radius 1 is 0.970 bits per heavy atom. The number of alkyl halides is 3. The molecule has 170 valence electrons. The fourth-order valence-electron chi connectivity index (χ4n) is 3.32. The van der Waals surface area contributed by atoms with Crippen LogP contribution in [0.3, 0.4) is 0 Å². The predicted octanol–water partition coefficient (Wildman–Crippen LogP) is 5.84. The topological polar surface area (TPSA) is 68.5 Å². The van der Waals surface area contributed by atoms with Crippen LogP contribution in [0.25, 0.3) is 16.9 Å². The van der Waals surface area contributed by atoms with E-state index in [9.17, 15) is 18.0 Å². The number of nitrogens with one attached hydrogen (secondary N) is 1. The first-order valence-corrected chi connectivity index (χ1v) is 10.1. The van der Waals surface area contributed by atoms with Crippen LogP contribution in [0.2, 0.25) is 0 Å². The third kappa shape index (κ3) is 5.14. The van der Waals surface area contributed by atoms with Crippen LogP contribution in [0, 0.1) is 0 Å². The fourth-order valence-corrected chi connectivity index (χ4v) is 3.32. The van der Waals surface area contributed by atoms with Gasteiger partial charge in [-0.25, -0.2) is 9.50 Å². The van der Waals surface area contributed by atoms with Crippen molar-refractivity contribution in [2.75, 3.05) is 5.32 Å². The van der Waals surface area contributed by atoms with Gasteiger partial charge in [-0.05, 0) is 47.4 Å². The minimum Gasteiger partial charge on any atom is -0.406 e. The van der Waals surface area contributed by atoms with Gasteiger partial charge in [0.05, 0.1) is 11.9 Å². The Morgan fingerprint density at radius 2 is 1.64 bits per heavy atom. The first-order valence-electron chi connectivity index (χ1n) is 10.1. The van der Waals surface area contributed by atoms with E-state index in [-0.39, 0.29) is 17.1 Å². The van der Waals surface area contributed by atoms with Gasteiger partial charge in [-0.2, -0.15) is 5.10 Å². The summed E-state index contributed by atoms with van der Waals surface area (Å²) in [7, 11) is 0. The van der Waals surface area contributed by atoms with Crippen LogP contribution in [0.4, 0.5) is 19.0 Å². The maximum Gasteiger partial charge on any atom is 0.573 e. The molecular formula is C24H21F3N4O2. The number of halogens is 3. The molecule has 0 bridgehead atoms. The number of carbonyl (C=O) groups is 1. The summed E-state index contributed by atoms with van der Waals surface area (Å²) in [6.45, 7) is 6.28. The lowest BCUT2D eigenvalue weighted by Crippen LogP contribution is -2.17. The highest BCUT2D eigenvalue weighted by molar-refractivity contribution is 6.04. The third-order valence-corrected chi connectivity index (χ3v) is 5.00. The van der Waals surface area contributed by atoms with E-state index in [2.05, 4.69) is 40.9 Å². The number of carbonyl (C=O) groups excluding carboxylic acids is 1. The molecule has 2 aromatic heterocycles. The van der Waals surface area contributed by atoms with Crippen molar-refractivity contribution in [3.63, 3.8) is 0 Å². The minimum atomic E-state index is -4.77. The lowest BCUT2D eigenvalue weighted by molar-refractivity contribution is -0.274. The zero-order valence-electron chi connectivity index (χ0n) is 18.1. The average molecular weight is 454 g/mol. The monoisotopic (exact) mass is 454 g/mol. The molecule has 2 aromatic carbocycles. The molecule has 0 fully saturated rings. The van der Waals surface area contributed by atoms with E-state index in [1.165, 1.54) is 28.8 Å². The van der Waals surface area contributed by atoms with Crippen molar-refractivity contribution < 1.29 is 22.7 Å². The van der Waals surface area contributed by atoms with E-state index in [1.807, 2.05) is 12.1 Å². The molecule has 1 amide bonds. The van der Waals surface area contributed by atoms with Crippen molar-refractivity contribution in [1.82, 2.24) is 14.6 Å². The third-order valence-electron chi connectivity index (χ3n) is 5.00. The summed E-state index contributed by atoms with van der Waals surface area (Å²) < 4.78 is 42.8. The van der Waals surface area contributed by atoms with Crippen molar-refractivity contribution >= 4 is 17.4 Å². The molecule has 1 N–H and O–H groups in total. The number of aromatic nitrogens is 3. The number of anilines is 1. The molecule has 0 aliphatic carbocycles. The summed E-state index contributed by atoms with van der Waals surface area (Å²) >= 11 is 0. The minimum absolute atomic E-state index is 0.0286. The number of hydrogen-bond donors (Lipinski definition) is 1. The Balaban J connectivity index is 1.62. The summed E-state index contributed by atoms with van der Waals surface area (Å²) in [5.74, 6) is -0.366. The van der Waals surface area contributed by atoms with Gasteiger partial charge in [0, 0.05) is 23.3 Å². The van der Waals surface area contributed by atoms with Gasteiger partial charge in [0.2, 0.25) is 0 Å². The van der Waals surface area contributed by atoms with Gasteiger partial charge < -0.3 is 10.1 Å². The number of benzene rings is 2. The molecule has 33 heavy (non-hydrogen) atoms.